The van der Waals surface area contributed by atoms with E-state index in [9.17, 15) is 4.39 Å². The van der Waals surface area contributed by atoms with Gasteiger partial charge in [0, 0.05) is 12.6 Å². The molecule has 0 bridgehead atoms. The summed E-state index contributed by atoms with van der Waals surface area (Å²) in [5.74, 6) is 0. The fraction of sp³-hybridized carbons (Fsp3) is 1.00. The topological polar surface area (TPSA) is 29.3 Å². The number of alkyl halides is 1. The lowest BCUT2D eigenvalue weighted by atomic mass is 10.1. The molecule has 1 saturated heterocycles. The van der Waals surface area contributed by atoms with E-state index in [1.54, 1.807) is 0 Å². The molecule has 1 rings (SSSR count). The van der Waals surface area contributed by atoms with Crippen molar-refractivity contribution in [1.82, 2.24) is 4.90 Å². The van der Waals surface area contributed by atoms with E-state index < -0.39 is 6.17 Å². The van der Waals surface area contributed by atoms with Gasteiger partial charge in [0.1, 0.15) is 6.17 Å². The lowest BCUT2D eigenvalue weighted by molar-refractivity contribution is 0.178. The first-order valence-electron chi connectivity index (χ1n) is 3.80. The van der Waals surface area contributed by atoms with Crippen molar-refractivity contribution in [3.63, 3.8) is 0 Å². The first kappa shape index (κ1) is 7.95. The molecular formula is C7H15FN2. The van der Waals surface area contributed by atoms with Crippen LogP contribution < -0.4 is 5.73 Å². The van der Waals surface area contributed by atoms with E-state index in [-0.39, 0.29) is 12.6 Å². The van der Waals surface area contributed by atoms with Gasteiger partial charge in [-0.3, -0.25) is 0 Å². The highest BCUT2D eigenvalue weighted by atomic mass is 19.1. The molecule has 0 radical (unpaired) electrons. The van der Waals surface area contributed by atoms with E-state index in [0.717, 1.165) is 19.4 Å². The van der Waals surface area contributed by atoms with Crippen molar-refractivity contribution >= 4 is 0 Å². The van der Waals surface area contributed by atoms with Crippen LogP contribution in [0.15, 0.2) is 0 Å². The number of likely N-dealkylation sites (tertiary alicyclic amines) is 1. The Balaban J connectivity index is 2.38. The number of hydrogen-bond donors (Lipinski definition) is 1. The van der Waals surface area contributed by atoms with Crippen LogP contribution in [-0.4, -0.2) is 37.3 Å². The summed E-state index contributed by atoms with van der Waals surface area (Å²) in [6.07, 6.45) is 1.25. The van der Waals surface area contributed by atoms with Crippen molar-refractivity contribution in [3.8, 4) is 0 Å². The SMILES string of the molecule is CN1CCCC1C(F)CN. The molecule has 1 aliphatic heterocycles. The van der Waals surface area contributed by atoms with Gasteiger partial charge >= 0.3 is 0 Å². The molecule has 2 atom stereocenters. The summed E-state index contributed by atoms with van der Waals surface area (Å²) in [5.41, 5.74) is 5.21. The highest BCUT2D eigenvalue weighted by Crippen LogP contribution is 2.19. The molecule has 0 aromatic heterocycles. The lowest BCUT2D eigenvalue weighted by Gasteiger charge is -2.21. The molecule has 0 spiro atoms. The minimum Gasteiger partial charge on any atom is -0.328 e. The summed E-state index contributed by atoms with van der Waals surface area (Å²) >= 11 is 0. The van der Waals surface area contributed by atoms with E-state index in [4.69, 9.17) is 5.73 Å². The third kappa shape index (κ3) is 1.47. The average molecular weight is 146 g/mol. The van der Waals surface area contributed by atoms with Gasteiger partial charge in [0.15, 0.2) is 0 Å². The number of nitrogens with zero attached hydrogens (tertiary/aromatic N) is 1. The number of hydrogen-bond acceptors (Lipinski definition) is 2. The summed E-state index contributed by atoms with van der Waals surface area (Å²) in [5, 5.41) is 0. The van der Waals surface area contributed by atoms with Crippen molar-refractivity contribution in [2.24, 2.45) is 5.73 Å². The highest BCUT2D eigenvalue weighted by molar-refractivity contribution is 4.83. The Bertz CT molecular complexity index is 108. The third-order valence-corrected chi connectivity index (χ3v) is 2.22. The molecule has 1 heterocycles. The Morgan fingerprint density at radius 1 is 1.80 bits per heavy atom. The maximum atomic E-state index is 12.9. The zero-order valence-electron chi connectivity index (χ0n) is 6.39. The van der Waals surface area contributed by atoms with Crippen LogP contribution in [0.5, 0.6) is 0 Å². The second-order valence-electron chi connectivity index (χ2n) is 2.94. The normalized spacial score (nSPS) is 30.9. The summed E-state index contributed by atoms with van der Waals surface area (Å²) in [7, 11) is 1.96. The summed E-state index contributed by atoms with van der Waals surface area (Å²) in [6.45, 7) is 1.18. The van der Waals surface area contributed by atoms with Gasteiger partial charge in [-0.05, 0) is 26.4 Å². The zero-order chi connectivity index (χ0) is 7.56. The fourth-order valence-corrected chi connectivity index (χ4v) is 1.55. The summed E-state index contributed by atoms with van der Waals surface area (Å²) in [6, 6.07) is 0.0880. The predicted octanol–water partition coefficient (Wildman–Crippen LogP) is 0.377. The van der Waals surface area contributed by atoms with E-state index in [0.29, 0.717) is 0 Å². The Morgan fingerprint density at radius 3 is 2.90 bits per heavy atom. The van der Waals surface area contributed by atoms with E-state index in [1.165, 1.54) is 0 Å². The Kier molecular flexibility index (Phi) is 2.63. The molecule has 10 heavy (non-hydrogen) atoms. The smallest absolute Gasteiger partial charge is 0.128 e. The minimum atomic E-state index is -0.826. The highest BCUT2D eigenvalue weighted by Gasteiger charge is 2.27. The largest absolute Gasteiger partial charge is 0.328 e. The second kappa shape index (κ2) is 3.30. The quantitative estimate of drug-likeness (QED) is 0.610. The van der Waals surface area contributed by atoms with Crippen LogP contribution in [0.4, 0.5) is 4.39 Å². The Morgan fingerprint density at radius 2 is 2.50 bits per heavy atom. The molecular weight excluding hydrogens is 131 g/mol. The average Bonchev–Trinajstić information content (AvgIpc) is 2.34. The second-order valence-corrected chi connectivity index (χ2v) is 2.94. The summed E-state index contributed by atoms with van der Waals surface area (Å²) in [4.78, 5) is 2.05. The van der Waals surface area contributed by atoms with Crippen LogP contribution >= 0.6 is 0 Å². The van der Waals surface area contributed by atoms with Gasteiger partial charge in [0.05, 0.1) is 0 Å². The third-order valence-electron chi connectivity index (χ3n) is 2.22. The number of halogens is 1. The van der Waals surface area contributed by atoms with Crippen molar-refractivity contribution in [1.29, 1.82) is 0 Å². The monoisotopic (exact) mass is 146 g/mol. The lowest BCUT2D eigenvalue weighted by Crippen LogP contribution is -2.38. The first-order chi connectivity index (χ1) is 4.75. The number of rotatable bonds is 2. The van der Waals surface area contributed by atoms with Gasteiger partial charge in [-0.25, -0.2) is 4.39 Å². The van der Waals surface area contributed by atoms with E-state index in [2.05, 4.69) is 4.90 Å². The maximum Gasteiger partial charge on any atom is 0.128 e. The Hall–Kier alpha value is -0.150. The van der Waals surface area contributed by atoms with E-state index in [1.807, 2.05) is 7.05 Å². The van der Waals surface area contributed by atoms with Gasteiger partial charge in [0.25, 0.3) is 0 Å². The van der Waals surface area contributed by atoms with Crippen molar-refractivity contribution in [2.75, 3.05) is 20.1 Å². The molecule has 2 N–H and O–H groups in total. The van der Waals surface area contributed by atoms with Crippen LogP contribution in [0, 0.1) is 0 Å². The standard InChI is InChI=1S/C7H15FN2/c1-10-4-2-3-7(10)6(8)5-9/h6-7H,2-5,9H2,1H3. The van der Waals surface area contributed by atoms with E-state index >= 15 is 0 Å². The fourth-order valence-electron chi connectivity index (χ4n) is 1.55. The van der Waals surface area contributed by atoms with Crippen molar-refractivity contribution < 1.29 is 4.39 Å². The Labute approximate surface area is 61.2 Å². The first-order valence-corrected chi connectivity index (χ1v) is 3.80. The molecule has 3 heteroatoms. The maximum absolute atomic E-state index is 12.9. The molecule has 2 unspecified atom stereocenters. The zero-order valence-corrected chi connectivity index (χ0v) is 6.39. The molecule has 0 aromatic carbocycles. The molecule has 60 valence electrons. The van der Waals surface area contributed by atoms with Crippen LogP contribution in [0.2, 0.25) is 0 Å². The van der Waals surface area contributed by atoms with Gasteiger partial charge in [0.2, 0.25) is 0 Å². The molecule has 0 aliphatic carbocycles. The van der Waals surface area contributed by atoms with Crippen molar-refractivity contribution in [3.05, 3.63) is 0 Å². The molecule has 0 aromatic rings. The number of nitrogens with two attached hydrogens (primary N) is 1. The van der Waals surface area contributed by atoms with Gasteiger partial charge in [-0.15, -0.1) is 0 Å². The molecule has 1 aliphatic rings. The molecule has 1 fully saturated rings. The van der Waals surface area contributed by atoms with Gasteiger partial charge in [-0.1, -0.05) is 0 Å². The van der Waals surface area contributed by atoms with Crippen molar-refractivity contribution in [2.45, 2.75) is 25.1 Å². The molecule has 0 saturated carbocycles. The molecule has 2 nitrogen and oxygen atoms in total. The molecule has 0 amide bonds. The van der Waals surface area contributed by atoms with Crippen LogP contribution in [0.25, 0.3) is 0 Å². The van der Waals surface area contributed by atoms with Gasteiger partial charge in [-0.2, -0.15) is 0 Å². The summed E-state index contributed by atoms with van der Waals surface area (Å²) < 4.78 is 12.9. The van der Waals surface area contributed by atoms with Crippen LogP contribution in [0.3, 0.4) is 0 Å². The van der Waals surface area contributed by atoms with Crippen LogP contribution in [-0.2, 0) is 0 Å². The van der Waals surface area contributed by atoms with Crippen LogP contribution in [0.1, 0.15) is 12.8 Å². The predicted molar refractivity (Wildman–Crippen MR) is 39.6 cm³/mol. The van der Waals surface area contributed by atoms with Gasteiger partial charge < -0.3 is 10.6 Å². The minimum absolute atomic E-state index is 0.0880.